The van der Waals surface area contributed by atoms with Crippen molar-refractivity contribution < 1.29 is 4.74 Å². The van der Waals surface area contributed by atoms with Gasteiger partial charge in [-0.15, -0.1) is 5.10 Å². The minimum Gasteiger partial charge on any atom is -0.374 e. The molecule has 5 nitrogen and oxygen atoms in total. The van der Waals surface area contributed by atoms with Crippen LogP contribution in [0.4, 0.5) is 0 Å². The predicted molar refractivity (Wildman–Crippen MR) is 72.4 cm³/mol. The summed E-state index contributed by atoms with van der Waals surface area (Å²) in [5, 5.41) is 11.6. The fourth-order valence-electron chi connectivity index (χ4n) is 1.75. The number of nitrogens with one attached hydrogen (secondary N) is 1. The van der Waals surface area contributed by atoms with E-state index in [1.165, 1.54) is 0 Å². The third-order valence-electron chi connectivity index (χ3n) is 2.57. The van der Waals surface area contributed by atoms with E-state index in [1.54, 1.807) is 0 Å². The van der Waals surface area contributed by atoms with Gasteiger partial charge in [-0.05, 0) is 33.7 Å². The first-order valence-electron chi connectivity index (χ1n) is 6.73. The molecule has 5 heteroatoms. The Morgan fingerprint density at radius 1 is 1.39 bits per heavy atom. The van der Waals surface area contributed by atoms with Crippen molar-refractivity contribution in [1.29, 1.82) is 0 Å². The van der Waals surface area contributed by atoms with Crippen molar-refractivity contribution in [2.24, 2.45) is 0 Å². The van der Waals surface area contributed by atoms with E-state index in [9.17, 15) is 0 Å². The number of rotatable bonds is 7. The zero-order valence-corrected chi connectivity index (χ0v) is 12.2. The third kappa shape index (κ3) is 4.74. The number of hydrogen-bond acceptors (Lipinski definition) is 4. The number of aromatic nitrogens is 3. The second-order valence-corrected chi connectivity index (χ2v) is 5.42. The van der Waals surface area contributed by atoms with Gasteiger partial charge in [-0.2, -0.15) is 0 Å². The fourth-order valence-corrected chi connectivity index (χ4v) is 1.75. The van der Waals surface area contributed by atoms with Gasteiger partial charge >= 0.3 is 0 Å². The van der Waals surface area contributed by atoms with Gasteiger partial charge in [0.1, 0.15) is 0 Å². The van der Waals surface area contributed by atoms with E-state index in [0.29, 0.717) is 6.61 Å². The van der Waals surface area contributed by atoms with Crippen LogP contribution < -0.4 is 5.32 Å². The van der Waals surface area contributed by atoms with E-state index >= 15 is 0 Å². The molecule has 104 valence electrons. The summed E-state index contributed by atoms with van der Waals surface area (Å²) in [6, 6.07) is 0.149. The smallest absolute Gasteiger partial charge is 0.0780 e. The molecule has 1 aromatic heterocycles. The van der Waals surface area contributed by atoms with E-state index < -0.39 is 0 Å². The lowest BCUT2D eigenvalue weighted by molar-refractivity contribution is -0.0156. The quantitative estimate of drug-likeness (QED) is 0.810. The topological polar surface area (TPSA) is 52.0 Å². The highest BCUT2D eigenvalue weighted by molar-refractivity contribution is 5.02. The number of likely N-dealkylation sites (N-methyl/N-ethyl adjacent to an activating group) is 1. The molecule has 0 aliphatic rings. The second kappa shape index (κ2) is 6.85. The largest absolute Gasteiger partial charge is 0.374 e. The maximum absolute atomic E-state index is 5.87. The van der Waals surface area contributed by atoms with Crippen LogP contribution in [0, 0.1) is 0 Å². The Labute approximate surface area is 110 Å². The average Bonchev–Trinajstić information content (AvgIpc) is 2.72. The molecule has 0 bridgehead atoms. The molecular weight excluding hydrogens is 228 g/mol. The zero-order valence-electron chi connectivity index (χ0n) is 12.2. The van der Waals surface area contributed by atoms with E-state index in [1.807, 2.05) is 10.9 Å². The van der Waals surface area contributed by atoms with Gasteiger partial charge in [0.15, 0.2) is 0 Å². The summed E-state index contributed by atoms with van der Waals surface area (Å²) in [5.41, 5.74) is 0.972. The van der Waals surface area contributed by atoms with Crippen LogP contribution in [0.2, 0.25) is 0 Å². The standard InChI is InChI=1S/C13H26N4O/c1-6-8-17-12(9-15-16-17)11(14-7-2)10-18-13(3,4)5/h9,11,14H,6-8,10H2,1-5H3. The van der Waals surface area contributed by atoms with Crippen LogP contribution in [-0.2, 0) is 11.3 Å². The first-order chi connectivity index (χ1) is 8.48. The molecule has 0 aromatic carbocycles. The Morgan fingerprint density at radius 3 is 2.67 bits per heavy atom. The SMILES string of the molecule is CCCn1nncc1C(COC(C)(C)C)NCC. The maximum atomic E-state index is 5.87. The number of nitrogens with zero attached hydrogens (tertiary/aromatic N) is 3. The normalized spacial score (nSPS) is 13.8. The van der Waals surface area contributed by atoms with Gasteiger partial charge in [0.25, 0.3) is 0 Å². The van der Waals surface area contributed by atoms with Crippen molar-refractivity contribution >= 4 is 0 Å². The van der Waals surface area contributed by atoms with Gasteiger partial charge in [-0.25, -0.2) is 4.68 Å². The molecule has 1 heterocycles. The van der Waals surface area contributed by atoms with Crippen LogP contribution >= 0.6 is 0 Å². The Bertz CT molecular complexity index is 343. The lowest BCUT2D eigenvalue weighted by Crippen LogP contribution is -2.31. The number of hydrogen-bond donors (Lipinski definition) is 1. The molecule has 0 aliphatic carbocycles. The Hall–Kier alpha value is -0.940. The van der Waals surface area contributed by atoms with Gasteiger partial charge in [0.05, 0.1) is 30.1 Å². The van der Waals surface area contributed by atoms with Gasteiger partial charge in [0.2, 0.25) is 0 Å². The molecule has 18 heavy (non-hydrogen) atoms. The van der Waals surface area contributed by atoms with Crippen LogP contribution in [0.15, 0.2) is 6.20 Å². The van der Waals surface area contributed by atoms with Crippen LogP contribution in [0.3, 0.4) is 0 Å². The van der Waals surface area contributed by atoms with Crippen molar-refractivity contribution in [3.05, 3.63) is 11.9 Å². The highest BCUT2D eigenvalue weighted by Gasteiger charge is 2.19. The van der Waals surface area contributed by atoms with Crippen molar-refractivity contribution in [3.63, 3.8) is 0 Å². The monoisotopic (exact) mass is 254 g/mol. The van der Waals surface area contributed by atoms with Crippen LogP contribution in [0.25, 0.3) is 0 Å². The molecule has 0 fully saturated rings. The molecule has 0 amide bonds. The minimum atomic E-state index is -0.128. The summed E-state index contributed by atoms with van der Waals surface area (Å²) in [5.74, 6) is 0. The van der Waals surface area contributed by atoms with Crippen molar-refractivity contribution in [3.8, 4) is 0 Å². The first kappa shape index (κ1) is 15.1. The van der Waals surface area contributed by atoms with Crippen LogP contribution in [-0.4, -0.2) is 33.7 Å². The predicted octanol–water partition coefficient (Wildman–Crippen LogP) is 2.15. The van der Waals surface area contributed by atoms with E-state index in [2.05, 4.69) is 50.2 Å². The molecule has 1 atom stereocenters. The van der Waals surface area contributed by atoms with E-state index in [-0.39, 0.29) is 11.6 Å². The Morgan fingerprint density at radius 2 is 2.11 bits per heavy atom. The number of aryl methyl sites for hydroxylation is 1. The third-order valence-corrected chi connectivity index (χ3v) is 2.57. The van der Waals surface area contributed by atoms with Crippen LogP contribution in [0.5, 0.6) is 0 Å². The van der Waals surface area contributed by atoms with Gasteiger partial charge in [-0.1, -0.05) is 19.1 Å². The summed E-state index contributed by atoms with van der Waals surface area (Å²) in [7, 11) is 0. The molecule has 1 N–H and O–H groups in total. The Kier molecular flexibility index (Phi) is 5.75. The molecule has 1 unspecified atom stereocenters. The first-order valence-corrected chi connectivity index (χ1v) is 6.73. The second-order valence-electron chi connectivity index (χ2n) is 5.42. The summed E-state index contributed by atoms with van der Waals surface area (Å²) in [6.07, 6.45) is 2.88. The van der Waals surface area contributed by atoms with Gasteiger partial charge < -0.3 is 10.1 Å². The summed E-state index contributed by atoms with van der Waals surface area (Å²) in [6.45, 7) is 12.9. The molecular formula is C13H26N4O. The fraction of sp³-hybridized carbons (Fsp3) is 0.846. The van der Waals surface area contributed by atoms with Crippen molar-refractivity contribution in [1.82, 2.24) is 20.3 Å². The summed E-state index contributed by atoms with van der Waals surface area (Å²) in [4.78, 5) is 0. The van der Waals surface area contributed by atoms with E-state index in [0.717, 1.165) is 25.2 Å². The number of ether oxygens (including phenoxy) is 1. The summed E-state index contributed by atoms with van der Waals surface area (Å²) < 4.78 is 7.83. The molecule has 0 radical (unpaired) electrons. The highest BCUT2D eigenvalue weighted by Crippen LogP contribution is 2.16. The highest BCUT2D eigenvalue weighted by atomic mass is 16.5. The van der Waals surface area contributed by atoms with Crippen molar-refractivity contribution in [2.75, 3.05) is 13.2 Å². The molecule has 0 saturated carbocycles. The minimum absolute atomic E-state index is 0.128. The maximum Gasteiger partial charge on any atom is 0.0780 e. The molecule has 0 spiro atoms. The lowest BCUT2D eigenvalue weighted by atomic mass is 10.1. The van der Waals surface area contributed by atoms with Gasteiger partial charge in [0, 0.05) is 6.54 Å². The van der Waals surface area contributed by atoms with Gasteiger partial charge in [-0.3, -0.25) is 0 Å². The zero-order chi connectivity index (χ0) is 13.6. The lowest BCUT2D eigenvalue weighted by Gasteiger charge is -2.25. The molecule has 0 saturated heterocycles. The van der Waals surface area contributed by atoms with Crippen molar-refractivity contribution in [2.45, 2.75) is 59.2 Å². The molecule has 0 aliphatic heterocycles. The average molecular weight is 254 g/mol. The van der Waals surface area contributed by atoms with Crippen LogP contribution in [0.1, 0.15) is 52.8 Å². The summed E-state index contributed by atoms with van der Waals surface area (Å²) >= 11 is 0. The Balaban J connectivity index is 2.73. The molecule has 1 aromatic rings. The van der Waals surface area contributed by atoms with E-state index in [4.69, 9.17) is 4.74 Å². The molecule has 1 rings (SSSR count).